The molecule has 0 bridgehead atoms. The minimum absolute atomic E-state index is 0.00581. The van der Waals surface area contributed by atoms with Crippen LogP contribution in [0.25, 0.3) is 0 Å². The molecule has 3 rings (SSSR count). The van der Waals surface area contributed by atoms with E-state index in [9.17, 15) is 13.2 Å². The van der Waals surface area contributed by atoms with Crippen LogP contribution < -0.4 is 14.8 Å². The van der Waals surface area contributed by atoms with E-state index in [0.717, 1.165) is 5.56 Å². The summed E-state index contributed by atoms with van der Waals surface area (Å²) < 4.78 is 34.1. The second kappa shape index (κ2) is 7.78. The Morgan fingerprint density at radius 3 is 2.58 bits per heavy atom. The molecule has 1 N–H and O–H groups in total. The Bertz CT molecular complexity index is 880. The Balaban J connectivity index is 1.67. The summed E-state index contributed by atoms with van der Waals surface area (Å²) in [7, 11) is -1.53. The predicted molar refractivity (Wildman–Crippen MR) is 98.3 cm³/mol. The largest absolute Gasteiger partial charge is 0.493 e. The van der Waals surface area contributed by atoms with Gasteiger partial charge in [-0.15, -0.1) is 0 Å². The second-order valence-corrected chi connectivity index (χ2v) is 8.44. The van der Waals surface area contributed by atoms with Crippen LogP contribution in [0.2, 0.25) is 0 Å². The van der Waals surface area contributed by atoms with E-state index in [1.165, 1.54) is 7.11 Å². The van der Waals surface area contributed by atoms with Gasteiger partial charge in [0.25, 0.3) is 5.91 Å². The van der Waals surface area contributed by atoms with Gasteiger partial charge in [0.05, 0.1) is 18.6 Å². The molecule has 2 aromatic carbocycles. The van der Waals surface area contributed by atoms with Crippen LogP contribution in [0, 0.1) is 0 Å². The van der Waals surface area contributed by atoms with Crippen LogP contribution in [-0.4, -0.2) is 39.0 Å². The van der Waals surface area contributed by atoms with Crippen LogP contribution in [0.5, 0.6) is 11.5 Å². The van der Waals surface area contributed by atoms with Crippen molar-refractivity contribution in [1.29, 1.82) is 0 Å². The molecule has 138 valence electrons. The van der Waals surface area contributed by atoms with Crippen LogP contribution >= 0.6 is 0 Å². The molecule has 2 aromatic rings. The van der Waals surface area contributed by atoms with Gasteiger partial charge in [-0.1, -0.05) is 30.3 Å². The number of methoxy groups -OCH3 is 1. The molecule has 6 nitrogen and oxygen atoms in total. The van der Waals surface area contributed by atoms with Crippen molar-refractivity contribution in [2.24, 2.45) is 0 Å². The van der Waals surface area contributed by atoms with E-state index in [0.29, 0.717) is 30.1 Å². The van der Waals surface area contributed by atoms with Crippen LogP contribution in [0.15, 0.2) is 48.5 Å². The zero-order valence-electron chi connectivity index (χ0n) is 14.5. The minimum atomic E-state index is -3.04. The third kappa shape index (κ3) is 4.54. The van der Waals surface area contributed by atoms with E-state index < -0.39 is 9.84 Å². The van der Waals surface area contributed by atoms with Crippen LogP contribution in [0.3, 0.4) is 0 Å². The van der Waals surface area contributed by atoms with Crippen LogP contribution in [0.1, 0.15) is 22.3 Å². The third-order valence-electron chi connectivity index (χ3n) is 4.23. The first-order valence-electron chi connectivity index (χ1n) is 8.33. The van der Waals surface area contributed by atoms with Crippen molar-refractivity contribution in [1.82, 2.24) is 5.32 Å². The highest BCUT2D eigenvalue weighted by atomic mass is 32.2. The van der Waals surface area contributed by atoms with E-state index in [1.54, 1.807) is 18.2 Å². The molecular formula is C19H21NO5S. The van der Waals surface area contributed by atoms with Crippen molar-refractivity contribution in [3.8, 4) is 11.5 Å². The summed E-state index contributed by atoms with van der Waals surface area (Å²) in [5.74, 6) is 0.783. The van der Waals surface area contributed by atoms with Gasteiger partial charge in [-0.3, -0.25) is 4.79 Å². The summed E-state index contributed by atoms with van der Waals surface area (Å²) in [4.78, 5) is 12.4. The lowest BCUT2D eigenvalue weighted by Gasteiger charge is -2.14. The smallest absolute Gasteiger partial charge is 0.251 e. The Kier molecular flexibility index (Phi) is 5.46. The van der Waals surface area contributed by atoms with Crippen LogP contribution in [0.4, 0.5) is 0 Å². The molecule has 26 heavy (non-hydrogen) atoms. The van der Waals surface area contributed by atoms with Crippen molar-refractivity contribution in [3.05, 3.63) is 59.7 Å². The maximum absolute atomic E-state index is 12.4. The maximum Gasteiger partial charge on any atom is 0.251 e. The van der Waals surface area contributed by atoms with Gasteiger partial charge in [0, 0.05) is 11.6 Å². The first-order valence-corrected chi connectivity index (χ1v) is 10.1. The first-order chi connectivity index (χ1) is 12.5. The van der Waals surface area contributed by atoms with E-state index in [-0.39, 0.29) is 23.5 Å². The second-order valence-electron chi connectivity index (χ2n) is 6.21. The summed E-state index contributed by atoms with van der Waals surface area (Å²) in [6, 6.07) is 14.3. The van der Waals surface area contributed by atoms with Crippen molar-refractivity contribution >= 4 is 15.7 Å². The van der Waals surface area contributed by atoms with Gasteiger partial charge in [-0.05, 0) is 30.2 Å². The third-order valence-corrected chi connectivity index (χ3v) is 6.00. The lowest BCUT2D eigenvalue weighted by molar-refractivity contribution is 0.0940. The topological polar surface area (TPSA) is 81.7 Å². The van der Waals surface area contributed by atoms with Gasteiger partial charge in [0.2, 0.25) is 0 Å². The lowest BCUT2D eigenvalue weighted by Crippen LogP contribution is -2.35. The molecule has 1 aliphatic heterocycles. The van der Waals surface area contributed by atoms with Gasteiger partial charge in [-0.25, -0.2) is 8.42 Å². The van der Waals surface area contributed by atoms with Crippen molar-refractivity contribution in [2.45, 2.75) is 19.1 Å². The zero-order valence-corrected chi connectivity index (χ0v) is 15.3. The fraction of sp³-hybridized carbons (Fsp3) is 0.316. The summed E-state index contributed by atoms with van der Waals surface area (Å²) in [5, 5.41) is 2.76. The fourth-order valence-corrected chi connectivity index (χ4v) is 4.51. The first kappa shape index (κ1) is 18.3. The number of carbonyl (C=O) groups excluding carboxylic acids is 1. The molecule has 7 heteroatoms. The molecular weight excluding hydrogens is 354 g/mol. The van der Waals surface area contributed by atoms with Crippen LogP contribution in [-0.2, 0) is 16.4 Å². The molecule has 1 heterocycles. The summed E-state index contributed by atoms with van der Waals surface area (Å²) >= 11 is 0. The Morgan fingerprint density at radius 2 is 1.92 bits per heavy atom. The summed E-state index contributed by atoms with van der Waals surface area (Å²) in [5.41, 5.74) is 1.43. The van der Waals surface area contributed by atoms with Gasteiger partial charge < -0.3 is 14.8 Å². The quantitative estimate of drug-likeness (QED) is 0.837. The van der Waals surface area contributed by atoms with E-state index >= 15 is 0 Å². The van der Waals surface area contributed by atoms with Gasteiger partial charge in [0.15, 0.2) is 21.3 Å². The molecule has 1 unspecified atom stereocenters. The Morgan fingerprint density at radius 1 is 1.15 bits per heavy atom. The Labute approximate surface area is 153 Å². The number of hydrogen-bond acceptors (Lipinski definition) is 5. The van der Waals surface area contributed by atoms with Crippen molar-refractivity contribution < 1.29 is 22.7 Å². The average molecular weight is 375 g/mol. The Hall–Kier alpha value is -2.54. The lowest BCUT2D eigenvalue weighted by atomic mass is 10.1. The van der Waals surface area contributed by atoms with E-state index in [2.05, 4.69) is 5.32 Å². The predicted octanol–water partition coefficient (Wildman–Crippen LogP) is 2.19. The van der Waals surface area contributed by atoms with Crippen molar-refractivity contribution in [3.63, 3.8) is 0 Å². The minimum Gasteiger partial charge on any atom is -0.493 e. The monoisotopic (exact) mass is 375 g/mol. The maximum atomic E-state index is 12.4. The standard InChI is InChI=1S/C19H21NO5S/c1-24-18-11-15(19(21)20-16-9-10-26(22,23)13-16)7-8-17(18)25-12-14-5-3-2-4-6-14/h2-8,11,16H,9-10,12-13H2,1H3,(H,20,21). The number of ether oxygens (including phenoxy) is 2. The van der Waals surface area contributed by atoms with Crippen molar-refractivity contribution in [2.75, 3.05) is 18.6 Å². The molecule has 1 atom stereocenters. The normalized spacial score (nSPS) is 18.3. The number of sulfone groups is 1. The molecule has 1 amide bonds. The fourth-order valence-electron chi connectivity index (χ4n) is 2.84. The highest BCUT2D eigenvalue weighted by Gasteiger charge is 2.29. The summed E-state index contributed by atoms with van der Waals surface area (Å²) in [6.07, 6.45) is 0.448. The van der Waals surface area contributed by atoms with Gasteiger partial charge in [-0.2, -0.15) is 0 Å². The molecule has 0 aromatic heterocycles. The molecule has 0 radical (unpaired) electrons. The highest BCUT2D eigenvalue weighted by Crippen LogP contribution is 2.29. The molecule has 0 saturated carbocycles. The molecule has 0 spiro atoms. The molecule has 1 saturated heterocycles. The number of nitrogens with one attached hydrogen (secondary N) is 1. The zero-order chi connectivity index (χ0) is 18.6. The number of rotatable bonds is 6. The van der Waals surface area contributed by atoms with Gasteiger partial charge in [0.1, 0.15) is 6.61 Å². The number of carbonyl (C=O) groups is 1. The van der Waals surface area contributed by atoms with E-state index in [1.807, 2.05) is 30.3 Å². The highest BCUT2D eigenvalue weighted by molar-refractivity contribution is 7.91. The number of hydrogen-bond donors (Lipinski definition) is 1. The number of amides is 1. The average Bonchev–Trinajstić information content (AvgIpc) is 2.99. The summed E-state index contributed by atoms with van der Waals surface area (Å²) in [6.45, 7) is 0.392. The number of benzene rings is 2. The van der Waals surface area contributed by atoms with Gasteiger partial charge >= 0.3 is 0 Å². The molecule has 0 aliphatic carbocycles. The molecule has 1 aliphatic rings. The molecule has 1 fully saturated rings. The SMILES string of the molecule is COc1cc(C(=O)NC2CCS(=O)(=O)C2)ccc1OCc1ccccc1. The van der Waals surface area contributed by atoms with E-state index in [4.69, 9.17) is 9.47 Å².